The minimum absolute atomic E-state index is 0.0574. The first-order chi connectivity index (χ1) is 18.7. The Balaban J connectivity index is 1.14. The standard InChI is InChI=1S/C28H31F2N7OS/c1-27(2,15-36-11-7-28(29,30)8-12-36)26(38)37-9-5-18(6-10-37)22-14-20-24(31-16-32-25(20)35-22)34-19-3-4-21-23(13-19)39-17-33-21/h3-5,13-14,16-17H,6-12,15H2,1-2H3,(H2,31,32,34,35). The largest absolute Gasteiger partial charge is 0.340 e. The van der Waals surface area contributed by atoms with Gasteiger partial charge in [0.15, 0.2) is 0 Å². The molecule has 39 heavy (non-hydrogen) atoms. The number of H-pyrrole nitrogens is 1. The van der Waals surface area contributed by atoms with Gasteiger partial charge < -0.3 is 20.1 Å². The fourth-order valence-electron chi connectivity index (χ4n) is 5.47. The van der Waals surface area contributed by atoms with Crippen molar-refractivity contribution >= 4 is 55.6 Å². The average Bonchev–Trinajstić information content (AvgIpc) is 3.57. The maximum Gasteiger partial charge on any atom is 0.250 e. The number of amides is 1. The molecule has 0 saturated carbocycles. The average molecular weight is 552 g/mol. The van der Waals surface area contributed by atoms with E-state index in [1.165, 1.54) is 6.33 Å². The van der Waals surface area contributed by atoms with Crippen molar-refractivity contribution in [3.05, 3.63) is 47.9 Å². The number of rotatable bonds is 6. The number of carbonyl (C=O) groups excluding carboxylic acids is 1. The molecule has 0 bridgehead atoms. The van der Waals surface area contributed by atoms with Crippen LogP contribution in [0.25, 0.3) is 26.8 Å². The number of nitrogens with one attached hydrogen (secondary N) is 2. The highest BCUT2D eigenvalue weighted by Crippen LogP contribution is 2.33. The zero-order valence-corrected chi connectivity index (χ0v) is 22.8. The van der Waals surface area contributed by atoms with Crippen molar-refractivity contribution in [1.82, 2.24) is 29.7 Å². The van der Waals surface area contributed by atoms with Gasteiger partial charge >= 0.3 is 0 Å². The van der Waals surface area contributed by atoms with E-state index in [2.05, 4.69) is 43.5 Å². The zero-order chi connectivity index (χ0) is 27.2. The highest BCUT2D eigenvalue weighted by atomic mass is 32.1. The molecule has 2 aliphatic rings. The maximum atomic E-state index is 13.5. The summed E-state index contributed by atoms with van der Waals surface area (Å²) >= 11 is 1.60. The number of likely N-dealkylation sites (tertiary alicyclic amines) is 1. The van der Waals surface area contributed by atoms with E-state index in [0.29, 0.717) is 39.1 Å². The zero-order valence-electron chi connectivity index (χ0n) is 22.0. The molecule has 8 nitrogen and oxygen atoms in total. The molecule has 4 aromatic rings. The minimum Gasteiger partial charge on any atom is -0.340 e. The van der Waals surface area contributed by atoms with Crippen LogP contribution in [0.5, 0.6) is 0 Å². The molecule has 1 fully saturated rings. The van der Waals surface area contributed by atoms with Gasteiger partial charge in [-0.1, -0.05) is 6.08 Å². The lowest BCUT2D eigenvalue weighted by Gasteiger charge is -2.39. The van der Waals surface area contributed by atoms with Gasteiger partial charge in [-0.05, 0) is 50.1 Å². The number of aromatic nitrogens is 4. The molecule has 11 heteroatoms. The molecule has 0 atom stereocenters. The second-order valence-corrected chi connectivity index (χ2v) is 12.0. The summed E-state index contributed by atoms with van der Waals surface area (Å²) < 4.78 is 28.2. The van der Waals surface area contributed by atoms with E-state index >= 15 is 0 Å². The van der Waals surface area contributed by atoms with Crippen molar-refractivity contribution in [2.24, 2.45) is 5.41 Å². The van der Waals surface area contributed by atoms with Crippen molar-refractivity contribution in [1.29, 1.82) is 0 Å². The highest BCUT2D eigenvalue weighted by Gasteiger charge is 2.39. The summed E-state index contributed by atoms with van der Waals surface area (Å²) in [6, 6.07) is 8.09. The molecule has 0 spiro atoms. The summed E-state index contributed by atoms with van der Waals surface area (Å²) in [6.07, 6.45) is 4.06. The van der Waals surface area contributed by atoms with Crippen LogP contribution < -0.4 is 5.32 Å². The summed E-state index contributed by atoms with van der Waals surface area (Å²) in [5.41, 5.74) is 5.94. The molecule has 5 heterocycles. The van der Waals surface area contributed by atoms with E-state index in [1.54, 1.807) is 11.3 Å². The molecule has 204 valence electrons. The number of halogens is 2. The van der Waals surface area contributed by atoms with Crippen molar-refractivity contribution in [2.45, 2.75) is 39.0 Å². The number of anilines is 2. The first-order valence-corrected chi connectivity index (χ1v) is 14.1. The van der Waals surface area contributed by atoms with Crippen LogP contribution in [0.4, 0.5) is 20.3 Å². The van der Waals surface area contributed by atoms with Gasteiger partial charge in [0.25, 0.3) is 5.92 Å². The number of hydrogen-bond donors (Lipinski definition) is 2. The molecule has 6 rings (SSSR count). The predicted octanol–water partition coefficient (Wildman–Crippen LogP) is 5.68. The predicted molar refractivity (Wildman–Crippen MR) is 150 cm³/mol. The first kappa shape index (κ1) is 25.8. The van der Waals surface area contributed by atoms with E-state index in [1.807, 2.05) is 41.3 Å². The number of hydrogen-bond acceptors (Lipinski definition) is 7. The van der Waals surface area contributed by atoms with Crippen molar-refractivity contribution < 1.29 is 13.6 Å². The van der Waals surface area contributed by atoms with Crippen LogP contribution in [0.1, 0.15) is 38.8 Å². The van der Waals surface area contributed by atoms with Gasteiger partial charge in [0.2, 0.25) is 5.91 Å². The molecular formula is C28H31F2N7OS. The lowest BCUT2D eigenvalue weighted by atomic mass is 9.89. The summed E-state index contributed by atoms with van der Waals surface area (Å²) in [7, 11) is 0. The van der Waals surface area contributed by atoms with Gasteiger partial charge in [0, 0.05) is 56.9 Å². The smallest absolute Gasteiger partial charge is 0.250 e. The number of fused-ring (bicyclic) bond motifs is 2. The second-order valence-electron chi connectivity index (χ2n) is 11.1. The molecule has 0 radical (unpaired) electrons. The Morgan fingerprint density at radius 3 is 2.74 bits per heavy atom. The van der Waals surface area contributed by atoms with Crippen molar-refractivity contribution in [2.75, 3.05) is 38.0 Å². The highest BCUT2D eigenvalue weighted by molar-refractivity contribution is 7.16. The van der Waals surface area contributed by atoms with Gasteiger partial charge in [-0.3, -0.25) is 4.79 Å². The molecule has 2 N–H and O–H groups in total. The summed E-state index contributed by atoms with van der Waals surface area (Å²) in [6.45, 7) is 6.09. The summed E-state index contributed by atoms with van der Waals surface area (Å²) in [4.78, 5) is 33.9. The molecule has 1 amide bonds. The van der Waals surface area contributed by atoms with Gasteiger partial charge in [-0.15, -0.1) is 11.3 Å². The number of piperidine rings is 1. The fraction of sp³-hybridized carbons (Fsp3) is 0.429. The van der Waals surface area contributed by atoms with E-state index < -0.39 is 11.3 Å². The third kappa shape index (κ3) is 5.38. The first-order valence-electron chi connectivity index (χ1n) is 13.2. The Bertz CT molecular complexity index is 1550. The van der Waals surface area contributed by atoms with E-state index in [4.69, 9.17) is 0 Å². The molecular weight excluding hydrogens is 520 g/mol. The van der Waals surface area contributed by atoms with Gasteiger partial charge in [0.1, 0.15) is 17.8 Å². The summed E-state index contributed by atoms with van der Waals surface area (Å²) in [5.74, 6) is -1.81. The summed E-state index contributed by atoms with van der Waals surface area (Å²) in [5, 5.41) is 4.30. The molecule has 3 aromatic heterocycles. The van der Waals surface area contributed by atoms with E-state index in [-0.39, 0.29) is 18.7 Å². The lowest BCUT2D eigenvalue weighted by molar-refractivity contribution is -0.141. The van der Waals surface area contributed by atoms with Gasteiger partial charge in [0.05, 0.1) is 26.5 Å². The Morgan fingerprint density at radius 1 is 1.15 bits per heavy atom. The van der Waals surface area contributed by atoms with Gasteiger partial charge in [-0.25, -0.2) is 23.7 Å². The molecule has 0 unspecified atom stereocenters. The third-order valence-corrected chi connectivity index (χ3v) is 8.44. The van der Waals surface area contributed by atoms with Crippen LogP contribution in [0.3, 0.4) is 0 Å². The number of alkyl halides is 2. The normalized spacial score (nSPS) is 18.5. The SMILES string of the molecule is CC(C)(CN1CCC(F)(F)CC1)C(=O)N1CC=C(c2cc3c(Nc4ccc5ncsc5c4)ncnc3[nH]2)CC1. The molecule has 1 saturated heterocycles. The minimum atomic E-state index is -2.58. The van der Waals surface area contributed by atoms with Crippen LogP contribution in [-0.2, 0) is 4.79 Å². The Morgan fingerprint density at radius 2 is 1.97 bits per heavy atom. The Hall–Kier alpha value is -3.44. The Labute approximate surface area is 229 Å². The van der Waals surface area contributed by atoms with E-state index in [9.17, 15) is 13.6 Å². The number of carbonyl (C=O) groups is 1. The van der Waals surface area contributed by atoms with Gasteiger partial charge in [-0.2, -0.15) is 0 Å². The number of nitrogens with zero attached hydrogens (tertiary/aromatic N) is 5. The lowest BCUT2D eigenvalue weighted by Crippen LogP contribution is -2.50. The quantitative estimate of drug-likeness (QED) is 0.320. The van der Waals surface area contributed by atoms with Crippen LogP contribution in [0.2, 0.25) is 0 Å². The molecule has 1 aromatic carbocycles. The molecule has 0 aliphatic carbocycles. The maximum absolute atomic E-state index is 13.5. The second kappa shape index (κ2) is 9.95. The fourth-order valence-corrected chi connectivity index (χ4v) is 6.19. The van der Waals surface area contributed by atoms with Crippen molar-refractivity contribution in [3.8, 4) is 0 Å². The number of benzene rings is 1. The Kier molecular flexibility index (Phi) is 6.58. The van der Waals surface area contributed by atoms with Crippen molar-refractivity contribution in [3.63, 3.8) is 0 Å². The van der Waals surface area contributed by atoms with E-state index in [0.717, 1.165) is 44.0 Å². The third-order valence-electron chi connectivity index (χ3n) is 7.65. The monoisotopic (exact) mass is 551 g/mol. The van der Waals surface area contributed by atoms with Crippen LogP contribution in [0.15, 0.2) is 42.2 Å². The van der Waals surface area contributed by atoms with Crippen LogP contribution in [-0.4, -0.2) is 74.3 Å². The topological polar surface area (TPSA) is 90.0 Å². The van der Waals surface area contributed by atoms with Crippen LogP contribution in [0, 0.1) is 5.41 Å². The van der Waals surface area contributed by atoms with Crippen LogP contribution >= 0.6 is 11.3 Å². The number of thiazole rings is 1. The molecule has 2 aliphatic heterocycles. The number of aromatic amines is 1.